The Hall–Kier alpha value is -2.11. The Morgan fingerprint density at radius 2 is 2.40 bits per heavy atom. The summed E-state index contributed by atoms with van der Waals surface area (Å²) in [5.74, 6) is 0.463. The third-order valence-corrected chi connectivity index (χ3v) is 2.00. The van der Waals surface area contributed by atoms with E-state index in [9.17, 15) is 4.79 Å². The average Bonchev–Trinajstić information content (AvgIpc) is 2.76. The van der Waals surface area contributed by atoms with E-state index in [1.54, 1.807) is 24.0 Å². The van der Waals surface area contributed by atoms with E-state index in [0.29, 0.717) is 11.4 Å². The molecule has 6 heteroatoms. The first-order valence-electron chi connectivity index (χ1n) is 4.47. The van der Waals surface area contributed by atoms with Crippen molar-refractivity contribution in [3.8, 4) is 0 Å². The molecule has 0 fully saturated rings. The Kier molecular flexibility index (Phi) is 2.24. The fraction of sp³-hybridized carbons (Fsp3) is 0.222. The molecule has 0 saturated carbocycles. The number of rotatable bonds is 2. The van der Waals surface area contributed by atoms with Crippen LogP contribution in [0.25, 0.3) is 0 Å². The zero-order chi connectivity index (χ0) is 10.8. The molecular formula is C9H11N5O. The number of carbonyl (C=O) groups excluding carboxylic acids is 1. The van der Waals surface area contributed by atoms with Gasteiger partial charge in [0.05, 0.1) is 17.5 Å². The lowest BCUT2D eigenvalue weighted by molar-refractivity contribution is 0.102. The second-order valence-corrected chi connectivity index (χ2v) is 3.24. The van der Waals surface area contributed by atoms with E-state index in [1.807, 2.05) is 6.92 Å². The molecule has 2 rings (SSSR count). The predicted molar refractivity (Wildman–Crippen MR) is 54.5 cm³/mol. The van der Waals surface area contributed by atoms with Crippen molar-refractivity contribution in [3.63, 3.8) is 0 Å². The van der Waals surface area contributed by atoms with Gasteiger partial charge in [0.15, 0.2) is 0 Å². The van der Waals surface area contributed by atoms with E-state index in [0.717, 1.165) is 5.69 Å². The molecule has 0 unspecified atom stereocenters. The standard InChI is InChI=1S/C9H11N5O/c1-6-3-8(14(2)13-6)12-9(15)7-4-10-11-5-7/h3-5H,1-2H3,(H,10,11)(H,12,15). The molecule has 0 aromatic carbocycles. The number of aromatic nitrogens is 4. The third kappa shape index (κ3) is 1.88. The lowest BCUT2D eigenvalue weighted by Gasteiger charge is -2.02. The van der Waals surface area contributed by atoms with Crippen molar-refractivity contribution >= 4 is 11.7 Å². The topological polar surface area (TPSA) is 75.6 Å². The van der Waals surface area contributed by atoms with E-state index >= 15 is 0 Å². The Bertz CT molecular complexity index is 471. The van der Waals surface area contributed by atoms with Gasteiger partial charge in [-0.15, -0.1) is 0 Å². The summed E-state index contributed by atoms with van der Waals surface area (Å²) in [6.45, 7) is 1.87. The van der Waals surface area contributed by atoms with Gasteiger partial charge in [-0.25, -0.2) is 0 Å². The van der Waals surface area contributed by atoms with Crippen molar-refractivity contribution < 1.29 is 4.79 Å². The molecule has 0 saturated heterocycles. The van der Waals surface area contributed by atoms with Gasteiger partial charge in [-0.2, -0.15) is 10.2 Å². The molecule has 2 heterocycles. The summed E-state index contributed by atoms with van der Waals surface area (Å²) in [6, 6.07) is 1.80. The lowest BCUT2D eigenvalue weighted by atomic mass is 10.3. The second-order valence-electron chi connectivity index (χ2n) is 3.24. The molecule has 0 spiro atoms. The molecule has 0 radical (unpaired) electrons. The maximum absolute atomic E-state index is 11.6. The van der Waals surface area contributed by atoms with Crippen LogP contribution in [0.5, 0.6) is 0 Å². The maximum atomic E-state index is 11.6. The zero-order valence-electron chi connectivity index (χ0n) is 8.48. The summed E-state index contributed by atoms with van der Waals surface area (Å²) in [6.07, 6.45) is 3.01. The van der Waals surface area contributed by atoms with Gasteiger partial charge >= 0.3 is 0 Å². The number of anilines is 1. The van der Waals surface area contributed by atoms with E-state index in [-0.39, 0.29) is 5.91 Å². The third-order valence-electron chi connectivity index (χ3n) is 2.00. The number of nitrogens with one attached hydrogen (secondary N) is 2. The highest BCUT2D eigenvalue weighted by atomic mass is 16.1. The van der Waals surface area contributed by atoms with E-state index in [2.05, 4.69) is 20.6 Å². The van der Waals surface area contributed by atoms with E-state index in [4.69, 9.17) is 0 Å². The van der Waals surface area contributed by atoms with Crippen molar-refractivity contribution in [1.29, 1.82) is 0 Å². The molecule has 78 valence electrons. The minimum absolute atomic E-state index is 0.202. The summed E-state index contributed by atoms with van der Waals surface area (Å²) >= 11 is 0. The van der Waals surface area contributed by atoms with Crippen LogP contribution in [-0.4, -0.2) is 25.9 Å². The fourth-order valence-corrected chi connectivity index (χ4v) is 1.29. The highest BCUT2D eigenvalue weighted by Crippen LogP contribution is 2.09. The molecule has 2 N–H and O–H groups in total. The van der Waals surface area contributed by atoms with Crippen LogP contribution in [0, 0.1) is 6.92 Å². The first-order chi connectivity index (χ1) is 7.16. The normalized spacial score (nSPS) is 10.3. The van der Waals surface area contributed by atoms with Gasteiger partial charge in [-0.3, -0.25) is 14.6 Å². The van der Waals surface area contributed by atoms with Crippen molar-refractivity contribution in [3.05, 3.63) is 29.7 Å². The number of amides is 1. The predicted octanol–water partition coefficient (Wildman–Crippen LogP) is 0.704. The Morgan fingerprint density at radius 1 is 1.60 bits per heavy atom. The van der Waals surface area contributed by atoms with Crippen LogP contribution in [-0.2, 0) is 7.05 Å². The number of carbonyl (C=O) groups is 1. The molecule has 0 aliphatic carbocycles. The number of hydrogen-bond acceptors (Lipinski definition) is 3. The summed E-state index contributed by atoms with van der Waals surface area (Å²) in [4.78, 5) is 11.6. The van der Waals surface area contributed by atoms with Crippen LogP contribution in [0.15, 0.2) is 18.5 Å². The van der Waals surface area contributed by atoms with Gasteiger partial charge in [0.1, 0.15) is 5.82 Å². The van der Waals surface area contributed by atoms with Crippen molar-refractivity contribution in [2.75, 3.05) is 5.32 Å². The molecule has 1 amide bonds. The summed E-state index contributed by atoms with van der Waals surface area (Å²) in [7, 11) is 1.78. The minimum Gasteiger partial charge on any atom is -0.307 e. The highest BCUT2D eigenvalue weighted by molar-refractivity contribution is 6.03. The van der Waals surface area contributed by atoms with Gasteiger partial charge in [0.2, 0.25) is 0 Å². The van der Waals surface area contributed by atoms with E-state index < -0.39 is 0 Å². The van der Waals surface area contributed by atoms with Crippen LogP contribution in [0.4, 0.5) is 5.82 Å². The monoisotopic (exact) mass is 205 g/mol. The number of H-pyrrole nitrogens is 1. The van der Waals surface area contributed by atoms with Gasteiger partial charge in [-0.1, -0.05) is 0 Å². The van der Waals surface area contributed by atoms with Gasteiger partial charge in [0, 0.05) is 19.3 Å². The average molecular weight is 205 g/mol. The minimum atomic E-state index is -0.202. The SMILES string of the molecule is Cc1cc(NC(=O)c2cn[nH]c2)n(C)n1. The zero-order valence-corrected chi connectivity index (χ0v) is 8.48. The molecule has 6 nitrogen and oxygen atoms in total. The quantitative estimate of drug-likeness (QED) is 0.757. The molecule has 2 aromatic heterocycles. The van der Waals surface area contributed by atoms with Crippen molar-refractivity contribution in [1.82, 2.24) is 20.0 Å². The van der Waals surface area contributed by atoms with Gasteiger partial charge < -0.3 is 5.32 Å². The van der Waals surface area contributed by atoms with Gasteiger partial charge in [-0.05, 0) is 6.92 Å². The number of nitrogens with zero attached hydrogens (tertiary/aromatic N) is 3. The summed E-state index contributed by atoms with van der Waals surface area (Å²) in [5.41, 5.74) is 1.36. The lowest BCUT2D eigenvalue weighted by Crippen LogP contribution is -2.13. The molecule has 0 aliphatic rings. The van der Waals surface area contributed by atoms with Gasteiger partial charge in [0.25, 0.3) is 5.91 Å². The first-order valence-corrected chi connectivity index (χ1v) is 4.47. The molecule has 0 aliphatic heterocycles. The smallest absolute Gasteiger partial charge is 0.259 e. The molecule has 15 heavy (non-hydrogen) atoms. The molecular weight excluding hydrogens is 194 g/mol. The van der Waals surface area contributed by atoms with Crippen molar-refractivity contribution in [2.45, 2.75) is 6.92 Å². The Balaban J connectivity index is 2.16. The van der Waals surface area contributed by atoms with E-state index in [1.165, 1.54) is 6.20 Å². The maximum Gasteiger partial charge on any atom is 0.259 e. The van der Waals surface area contributed by atoms with Crippen molar-refractivity contribution in [2.24, 2.45) is 7.05 Å². The molecule has 0 bridgehead atoms. The summed E-state index contributed by atoms with van der Waals surface area (Å²) in [5, 5.41) is 13.1. The Morgan fingerprint density at radius 3 is 2.93 bits per heavy atom. The fourth-order valence-electron chi connectivity index (χ4n) is 1.29. The van der Waals surface area contributed by atoms with Crippen LogP contribution >= 0.6 is 0 Å². The number of aryl methyl sites for hydroxylation is 2. The molecule has 0 atom stereocenters. The Labute approximate surface area is 86.3 Å². The largest absolute Gasteiger partial charge is 0.307 e. The van der Waals surface area contributed by atoms with Crippen LogP contribution in [0.3, 0.4) is 0 Å². The second kappa shape index (κ2) is 3.56. The van der Waals surface area contributed by atoms with Crippen LogP contribution in [0.2, 0.25) is 0 Å². The highest BCUT2D eigenvalue weighted by Gasteiger charge is 2.09. The molecule has 2 aromatic rings. The van der Waals surface area contributed by atoms with Crippen LogP contribution in [0.1, 0.15) is 16.1 Å². The number of hydrogen-bond donors (Lipinski definition) is 2. The van der Waals surface area contributed by atoms with Crippen LogP contribution < -0.4 is 5.32 Å². The number of aromatic amines is 1. The summed E-state index contributed by atoms with van der Waals surface area (Å²) < 4.78 is 1.62. The first kappa shape index (κ1) is 9.45.